The maximum Gasteiger partial charge on any atom is 0.326 e. The summed E-state index contributed by atoms with van der Waals surface area (Å²) in [6.45, 7) is 6.41. The molecule has 1 aliphatic rings. The summed E-state index contributed by atoms with van der Waals surface area (Å²) in [6, 6.07) is 6.72. The molecule has 1 fully saturated rings. The maximum absolute atomic E-state index is 12.6. The molecule has 0 aliphatic carbocycles. The van der Waals surface area contributed by atoms with Crippen LogP contribution in [0.3, 0.4) is 0 Å². The van der Waals surface area contributed by atoms with Gasteiger partial charge in [0.2, 0.25) is 5.91 Å². The number of amides is 1. The van der Waals surface area contributed by atoms with E-state index >= 15 is 0 Å². The number of carbonyl (C=O) groups excluding carboxylic acids is 1. The van der Waals surface area contributed by atoms with E-state index in [0.29, 0.717) is 24.6 Å². The maximum atomic E-state index is 12.6. The first kappa shape index (κ1) is 17.3. The Labute approximate surface area is 137 Å². The molecule has 1 aliphatic heterocycles. The molecule has 23 heavy (non-hydrogen) atoms. The molecule has 1 aromatic rings. The van der Waals surface area contributed by atoms with Crippen LogP contribution in [0.25, 0.3) is 0 Å². The lowest BCUT2D eigenvalue weighted by atomic mass is 9.92. The van der Waals surface area contributed by atoms with Crippen LogP contribution in [0.2, 0.25) is 0 Å². The Hall–Kier alpha value is -2.04. The summed E-state index contributed by atoms with van der Waals surface area (Å²) in [5, 5.41) is 9.40. The lowest BCUT2D eigenvalue weighted by Gasteiger charge is -2.36. The third-order valence-electron chi connectivity index (χ3n) is 4.15. The monoisotopic (exact) mass is 319 g/mol. The summed E-state index contributed by atoms with van der Waals surface area (Å²) in [4.78, 5) is 25.6. The molecule has 5 nitrogen and oxygen atoms in total. The van der Waals surface area contributed by atoms with E-state index in [9.17, 15) is 14.7 Å². The number of benzene rings is 1. The first-order valence-electron chi connectivity index (χ1n) is 8.15. The van der Waals surface area contributed by atoms with Gasteiger partial charge in [0.15, 0.2) is 0 Å². The van der Waals surface area contributed by atoms with Gasteiger partial charge in [0.1, 0.15) is 11.8 Å². The van der Waals surface area contributed by atoms with Crippen molar-refractivity contribution in [2.24, 2.45) is 5.92 Å². The van der Waals surface area contributed by atoms with E-state index < -0.39 is 12.0 Å². The van der Waals surface area contributed by atoms with Gasteiger partial charge in [-0.3, -0.25) is 4.79 Å². The SMILES string of the molecule is CC1CCN(C(=O)Cc2ccccc2OC(C)C)C(C(=O)O)C1. The van der Waals surface area contributed by atoms with Crippen LogP contribution in [0.5, 0.6) is 5.75 Å². The highest BCUT2D eigenvalue weighted by Gasteiger charge is 2.34. The number of piperidine rings is 1. The second kappa shape index (κ2) is 7.49. The molecule has 1 aromatic carbocycles. The topological polar surface area (TPSA) is 66.8 Å². The van der Waals surface area contributed by atoms with Crippen LogP contribution in [0.4, 0.5) is 0 Å². The van der Waals surface area contributed by atoms with Crippen molar-refractivity contribution in [1.82, 2.24) is 4.90 Å². The molecule has 2 unspecified atom stereocenters. The molecule has 1 N–H and O–H groups in total. The van der Waals surface area contributed by atoms with Crippen molar-refractivity contribution in [3.05, 3.63) is 29.8 Å². The molecule has 0 spiro atoms. The molecule has 2 rings (SSSR count). The quantitative estimate of drug-likeness (QED) is 0.906. The normalized spacial score (nSPS) is 21.3. The zero-order valence-electron chi connectivity index (χ0n) is 14.0. The second-order valence-corrected chi connectivity index (χ2v) is 6.52. The molecule has 0 saturated carbocycles. The Morgan fingerprint density at radius 2 is 2.04 bits per heavy atom. The Kier molecular flexibility index (Phi) is 5.64. The number of likely N-dealkylation sites (tertiary alicyclic amines) is 1. The Morgan fingerprint density at radius 3 is 2.70 bits per heavy atom. The number of para-hydroxylation sites is 1. The average molecular weight is 319 g/mol. The van der Waals surface area contributed by atoms with Gasteiger partial charge in [0.25, 0.3) is 0 Å². The van der Waals surface area contributed by atoms with E-state index in [0.717, 1.165) is 12.0 Å². The number of rotatable bonds is 5. The van der Waals surface area contributed by atoms with Crippen molar-refractivity contribution < 1.29 is 19.4 Å². The van der Waals surface area contributed by atoms with Gasteiger partial charge in [-0.1, -0.05) is 25.1 Å². The van der Waals surface area contributed by atoms with Crippen molar-refractivity contribution >= 4 is 11.9 Å². The van der Waals surface area contributed by atoms with E-state index in [4.69, 9.17) is 4.74 Å². The fraction of sp³-hybridized carbons (Fsp3) is 0.556. The smallest absolute Gasteiger partial charge is 0.326 e. The Balaban J connectivity index is 2.13. The summed E-state index contributed by atoms with van der Waals surface area (Å²) in [7, 11) is 0. The molecule has 1 saturated heterocycles. The number of nitrogens with zero attached hydrogens (tertiary/aromatic N) is 1. The van der Waals surface area contributed by atoms with E-state index in [1.165, 1.54) is 4.90 Å². The van der Waals surface area contributed by atoms with Gasteiger partial charge in [-0.2, -0.15) is 0 Å². The largest absolute Gasteiger partial charge is 0.491 e. The van der Waals surface area contributed by atoms with Gasteiger partial charge < -0.3 is 14.7 Å². The zero-order valence-corrected chi connectivity index (χ0v) is 14.0. The predicted octanol–water partition coefficient (Wildman–Crippen LogP) is 2.73. The lowest BCUT2D eigenvalue weighted by Crippen LogP contribution is -2.50. The average Bonchev–Trinajstić information content (AvgIpc) is 2.48. The molecule has 2 atom stereocenters. The number of aliphatic carboxylic acids is 1. The number of hydrogen-bond acceptors (Lipinski definition) is 3. The molecule has 0 radical (unpaired) electrons. The number of carbonyl (C=O) groups is 2. The van der Waals surface area contributed by atoms with Crippen LogP contribution >= 0.6 is 0 Å². The molecule has 0 bridgehead atoms. The standard InChI is InChI=1S/C18H25NO4/c1-12(2)23-16-7-5-4-6-14(16)11-17(20)19-9-8-13(3)10-15(19)18(21)22/h4-7,12-13,15H,8-11H2,1-3H3,(H,21,22). The second-order valence-electron chi connectivity index (χ2n) is 6.52. The van der Waals surface area contributed by atoms with E-state index in [1.54, 1.807) is 0 Å². The minimum absolute atomic E-state index is 0.0221. The van der Waals surface area contributed by atoms with Crippen LogP contribution in [0.1, 0.15) is 39.2 Å². The molecule has 126 valence electrons. The molecular weight excluding hydrogens is 294 g/mol. The molecule has 1 amide bonds. The molecule has 1 heterocycles. The minimum Gasteiger partial charge on any atom is -0.491 e. The van der Waals surface area contributed by atoms with E-state index in [2.05, 4.69) is 0 Å². The van der Waals surface area contributed by atoms with E-state index in [-0.39, 0.29) is 18.4 Å². The highest BCUT2D eigenvalue weighted by Crippen LogP contribution is 2.25. The highest BCUT2D eigenvalue weighted by atomic mass is 16.5. The third-order valence-corrected chi connectivity index (χ3v) is 4.15. The van der Waals surface area contributed by atoms with Gasteiger partial charge >= 0.3 is 5.97 Å². The Morgan fingerprint density at radius 1 is 1.35 bits per heavy atom. The van der Waals surface area contributed by atoms with Gasteiger partial charge in [0, 0.05) is 12.1 Å². The van der Waals surface area contributed by atoms with Crippen LogP contribution < -0.4 is 4.74 Å². The number of carboxylic acid groups (broad SMARTS) is 1. The number of ether oxygens (including phenoxy) is 1. The van der Waals surface area contributed by atoms with Crippen LogP contribution in [-0.2, 0) is 16.0 Å². The fourth-order valence-corrected chi connectivity index (χ4v) is 2.96. The summed E-state index contributed by atoms with van der Waals surface area (Å²) in [5.41, 5.74) is 0.800. The summed E-state index contributed by atoms with van der Waals surface area (Å²) in [5.74, 6) is -0.0504. The van der Waals surface area contributed by atoms with Crippen molar-refractivity contribution in [3.63, 3.8) is 0 Å². The number of hydrogen-bond donors (Lipinski definition) is 1. The van der Waals surface area contributed by atoms with E-state index in [1.807, 2.05) is 45.0 Å². The molecular formula is C18H25NO4. The summed E-state index contributed by atoms with van der Waals surface area (Å²) >= 11 is 0. The molecule has 0 aromatic heterocycles. The van der Waals surface area contributed by atoms with Crippen molar-refractivity contribution in [2.45, 2.75) is 52.2 Å². The summed E-state index contributed by atoms with van der Waals surface area (Å²) < 4.78 is 5.74. The summed E-state index contributed by atoms with van der Waals surface area (Å²) in [6.07, 6.45) is 1.56. The van der Waals surface area contributed by atoms with Crippen molar-refractivity contribution in [2.75, 3.05) is 6.54 Å². The first-order chi connectivity index (χ1) is 10.9. The van der Waals surface area contributed by atoms with Gasteiger partial charge in [-0.25, -0.2) is 4.79 Å². The predicted molar refractivity (Wildman–Crippen MR) is 87.4 cm³/mol. The van der Waals surface area contributed by atoms with Gasteiger partial charge in [-0.05, 0) is 38.7 Å². The third kappa shape index (κ3) is 4.47. The van der Waals surface area contributed by atoms with Crippen molar-refractivity contribution in [1.29, 1.82) is 0 Å². The highest BCUT2D eigenvalue weighted by molar-refractivity contribution is 5.85. The van der Waals surface area contributed by atoms with Crippen molar-refractivity contribution in [3.8, 4) is 5.75 Å². The minimum atomic E-state index is -0.920. The van der Waals surface area contributed by atoms with Gasteiger partial charge in [0.05, 0.1) is 12.5 Å². The molecule has 5 heteroatoms. The van der Waals surface area contributed by atoms with Crippen LogP contribution in [-0.4, -0.2) is 40.6 Å². The van der Waals surface area contributed by atoms with Gasteiger partial charge in [-0.15, -0.1) is 0 Å². The number of carboxylic acids is 1. The van der Waals surface area contributed by atoms with Crippen LogP contribution in [0.15, 0.2) is 24.3 Å². The zero-order chi connectivity index (χ0) is 17.0. The fourth-order valence-electron chi connectivity index (χ4n) is 2.96. The van der Waals surface area contributed by atoms with Crippen LogP contribution in [0, 0.1) is 5.92 Å². The lowest BCUT2D eigenvalue weighted by molar-refractivity contribution is -0.152. The first-order valence-corrected chi connectivity index (χ1v) is 8.15. The Bertz CT molecular complexity index is 570.